The molecule has 1 aliphatic rings. The molecule has 1 fully saturated rings. The van der Waals surface area contributed by atoms with Gasteiger partial charge in [0.1, 0.15) is 6.34 Å². The lowest BCUT2D eigenvalue weighted by Crippen LogP contribution is -2.21. The van der Waals surface area contributed by atoms with Crippen LogP contribution in [-0.2, 0) is 0 Å². The first-order valence-electron chi connectivity index (χ1n) is 5.30. The minimum atomic E-state index is 0.299. The fourth-order valence-electron chi connectivity index (χ4n) is 1.63. The van der Waals surface area contributed by atoms with E-state index in [1.54, 1.807) is 0 Å². The molecule has 7 nitrogen and oxygen atoms in total. The number of hydrogen-bond acceptors (Lipinski definition) is 7. The van der Waals surface area contributed by atoms with Crippen molar-refractivity contribution in [1.82, 2.24) is 20.4 Å². The normalized spacial score (nSPS) is 15.8. The number of aromatic nitrogens is 3. The van der Waals surface area contributed by atoms with Gasteiger partial charge in [-0.05, 0) is 19.1 Å². The third-order valence-corrected chi connectivity index (χ3v) is 2.95. The average molecular weight is 254 g/mol. The Hall–Kier alpha value is -1.41. The Labute approximate surface area is 103 Å². The number of hydrogen-bond donors (Lipinski definition) is 2. The number of thioether (sulfide) groups is 1. The van der Waals surface area contributed by atoms with Gasteiger partial charge in [0.25, 0.3) is 5.95 Å². The van der Waals surface area contributed by atoms with Crippen molar-refractivity contribution in [2.24, 2.45) is 4.99 Å². The van der Waals surface area contributed by atoms with Crippen molar-refractivity contribution >= 4 is 30.0 Å². The Kier molecular flexibility index (Phi) is 4.10. The molecule has 0 bridgehead atoms. The van der Waals surface area contributed by atoms with Crippen LogP contribution in [0.2, 0.25) is 0 Å². The first-order valence-corrected chi connectivity index (χ1v) is 6.53. The van der Waals surface area contributed by atoms with Gasteiger partial charge < -0.3 is 4.90 Å². The largest absolute Gasteiger partial charge is 0.341 e. The molecule has 1 aromatic rings. The second kappa shape index (κ2) is 5.78. The zero-order valence-electron chi connectivity index (χ0n) is 9.50. The lowest BCUT2D eigenvalue weighted by molar-refractivity contribution is 0.240. The maximum atomic E-state index is 8.45. The monoisotopic (exact) mass is 254 g/mol. The molecule has 0 atom stereocenters. The third kappa shape index (κ3) is 3.04. The molecular weight excluding hydrogens is 240 g/mol. The van der Waals surface area contributed by atoms with E-state index in [1.807, 2.05) is 11.7 Å². The maximum Gasteiger partial charge on any atom is 0.256 e. The second-order valence-corrected chi connectivity index (χ2v) is 4.28. The molecule has 0 radical (unpaired) electrons. The van der Waals surface area contributed by atoms with Crippen molar-refractivity contribution in [1.29, 1.82) is 0 Å². The zero-order chi connectivity index (χ0) is 12.1. The summed E-state index contributed by atoms with van der Waals surface area (Å²) in [6, 6.07) is 0. The number of anilines is 1. The van der Waals surface area contributed by atoms with E-state index in [1.165, 1.54) is 11.8 Å². The van der Waals surface area contributed by atoms with E-state index in [9.17, 15) is 0 Å². The lowest BCUT2D eigenvalue weighted by Gasteiger charge is -2.15. The highest BCUT2D eigenvalue weighted by Gasteiger charge is 2.16. The molecule has 2 heterocycles. The van der Waals surface area contributed by atoms with Crippen molar-refractivity contribution in [2.75, 3.05) is 24.2 Å². The first-order chi connectivity index (χ1) is 8.33. The van der Waals surface area contributed by atoms with Crippen molar-refractivity contribution in [3.05, 3.63) is 0 Å². The highest BCUT2D eigenvalue weighted by molar-refractivity contribution is 7.98. The summed E-state index contributed by atoms with van der Waals surface area (Å²) in [5, 5.41) is 9.08. The molecule has 8 heteroatoms. The Bertz CT molecular complexity index is 406. The number of nitrogens with zero attached hydrogens (tertiary/aromatic N) is 5. The molecule has 1 saturated heterocycles. The Morgan fingerprint density at radius 1 is 1.35 bits per heavy atom. The van der Waals surface area contributed by atoms with Gasteiger partial charge in [-0.1, -0.05) is 11.8 Å². The molecule has 0 aromatic carbocycles. The number of aliphatic imine (C=N–C) groups is 1. The SMILES string of the molecule is CSc1nc(/N=C/NO)nc(N2CCCC2)n1. The van der Waals surface area contributed by atoms with E-state index >= 15 is 0 Å². The summed E-state index contributed by atoms with van der Waals surface area (Å²) in [5.74, 6) is 0.958. The molecule has 2 rings (SSSR count). The van der Waals surface area contributed by atoms with E-state index in [2.05, 4.69) is 24.8 Å². The van der Waals surface area contributed by atoms with Gasteiger partial charge in [-0.15, -0.1) is 0 Å². The van der Waals surface area contributed by atoms with Gasteiger partial charge in [-0.25, -0.2) is 0 Å². The van der Waals surface area contributed by atoms with Crippen LogP contribution in [0.3, 0.4) is 0 Å². The van der Waals surface area contributed by atoms with E-state index in [0.29, 0.717) is 17.1 Å². The minimum Gasteiger partial charge on any atom is -0.341 e. The topological polar surface area (TPSA) is 86.5 Å². The fraction of sp³-hybridized carbons (Fsp3) is 0.556. The van der Waals surface area contributed by atoms with Crippen molar-refractivity contribution in [3.63, 3.8) is 0 Å². The molecule has 0 aliphatic carbocycles. The lowest BCUT2D eigenvalue weighted by atomic mass is 10.4. The standard InChI is InChI=1S/C9H14N6OS/c1-17-9-13-7(10-6-11-16)12-8(14-9)15-4-2-3-5-15/h6,16H,2-5H2,1H3,(H,10,11,12,13,14). The fourth-order valence-corrected chi connectivity index (χ4v) is 1.98. The predicted octanol–water partition coefficient (Wildman–Crippen LogP) is 0.832. The van der Waals surface area contributed by atoms with Gasteiger partial charge in [-0.3, -0.25) is 10.7 Å². The Morgan fingerprint density at radius 2 is 2.12 bits per heavy atom. The molecule has 92 valence electrons. The minimum absolute atomic E-state index is 0.299. The smallest absolute Gasteiger partial charge is 0.256 e. The van der Waals surface area contributed by atoms with Gasteiger partial charge in [0.15, 0.2) is 5.16 Å². The molecular formula is C9H14N6OS. The van der Waals surface area contributed by atoms with Gasteiger partial charge in [0.2, 0.25) is 5.95 Å². The summed E-state index contributed by atoms with van der Waals surface area (Å²) >= 11 is 1.44. The Balaban J connectivity index is 2.27. The summed E-state index contributed by atoms with van der Waals surface area (Å²) in [5.41, 5.74) is 1.83. The molecule has 17 heavy (non-hydrogen) atoms. The number of rotatable bonds is 4. The summed E-state index contributed by atoms with van der Waals surface area (Å²) in [6.45, 7) is 1.94. The third-order valence-electron chi connectivity index (χ3n) is 2.40. The highest BCUT2D eigenvalue weighted by atomic mass is 32.2. The van der Waals surface area contributed by atoms with Crippen LogP contribution in [0, 0.1) is 0 Å². The predicted molar refractivity (Wildman–Crippen MR) is 66.1 cm³/mol. The molecule has 0 amide bonds. The first kappa shape index (κ1) is 12.1. The quantitative estimate of drug-likeness (QED) is 0.356. The van der Waals surface area contributed by atoms with E-state index in [-0.39, 0.29) is 0 Å². The van der Waals surface area contributed by atoms with Crippen LogP contribution in [-0.4, -0.2) is 45.8 Å². The zero-order valence-corrected chi connectivity index (χ0v) is 10.3. The summed E-state index contributed by atoms with van der Waals surface area (Å²) in [6.07, 6.45) is 5.36. The molecule has 0 spiro atoms. The van der Waals surface area contributed by atoms with Gasteiger partial charge in [0.05, 0.1) is 0 Å². The molecule has 1 aromatic heterocycles. The van der Waals surface area contributed by atoms with Gasteiger partial charge in [-0.2, -0.15) is 19.9 Å². The van der Waals surface area contributed by atoms with Crippen molar-refractivity contribution in [2.45, 2.75) is 18.0 Å². The maximum absolute atomic E-state index is 8.45. The molecule has 0 saturated carbocycles. The number of nitrogens with one attached hydrogen (secondary N) is 1. The second-order valence-electron chi connectivity index (χ2n) is 3.50. The van der Waals surface area contributed by atoms with E-state index < -0.39 is 0 Å². The van der Waals surface area contributed by atoms with Gasteiger partial charge >= 0.3 is 0 Å². The van der Waals surface area contributed by atoms with Crippen LogP contribution in [0.5, 0.6) is 0 Å². The van der Waals surface area contributed by atoms with Crippen LogP contribution in [0.25, 0.3) is 0 Å². The van der Waals surface area contributed by atoms with Crippen LogP contribution < -0.4 is 10.4 Å². The molecule has 0 unspecified atom stereocenters. The molecule has 2 N–H and O–H groups in total. The van der Waals surface area contributed by atoms with E-state index in [0.717, 1.165) is 32.3 Å². The number of hydroxylamine groups is 1. The average Bonchev–Trinajstić information content (AvgIpc) is 2.89. The molecule has 1 aliphatic heterocycles. The van der Waals surface area contributed by atoms with Crippen LogP contribution >= 0.6 is 11.8 Å². The van der Waals surface area contributed by atoms with Crippen molar-refractivity contribution < 1.29 is 5.21 Å². The Morgan fingerprint density at radius 3 is 2.76 bits per heavy atom. The highest BCUT2D eigenvalue weighted by Crippen LogP contribution is 2.20. The van der Waals surface area contributed by atoms with Crippen LogP contribution in [0.15, 0.2) is 10.1 Å². The van der Waals surface area contributed by atoms with Crippen LogP contribution in [0.1, 0.15) is 12.8 Å². The van der Waals surface area contributed by atoms with Gasteiger partial charge in [0, 0.05) is 13.1 Å². The van der Waals surface area contributed by atoms with E-state index in [4.69, 9.17) is 5.21 Å². The summed E-state index contributed by atoms with van der Waals surface area (Å²) in [7, 11) is 0. The summed E-state index contributed by atoms with van der Waals surface area (Å²) < 4.78 is 0. The summed E-state index contributed by atoms with van der Waals surface area (Å²) in [4.78, 5) is 18.7. The van der Waals surface area contributed by atoms with Crippen molar-refractivity contribution in [3.8, 4) is 0 Å². The van der Waals surface area contributed by atoms with Crippen LogP contribution in [0.4, 0.5) is 11.9 Å².